The Balaban J connectivity index is 1.79. The van der Waals surface area contributed by atoms with Crippen molar-refractivity contribution in [2.45, 2.75) is 19.9 Å². The van der Waals surface area contributed by atoms with Gasteiger partial charge in [0.15, 0.2) is 11.5 Å². The molecule has 0 aromatic carbocycles. The highest BCUT2D eigenvalue weighted by Gasteiger charge is 2.07. The van der Waals surface area contributed by atoms with Gasteiger partial charge in [-0.3, -0.25) is 4.79 Å². The van der Waals surface area contributed by atoms with Gasteiger partial charge < -0.3 is 15.0 Å². The number of aryl methyl sites for hydroxylation is 1. The van der Waals surface area contributed by atoms with Crippen molar-refractivity contribution in [3.63, 3.8) is 0 Å². The number of rotatable bonds is 7. The first-order valence-corrected chi connectivity index (χ1v) is 7.52. The largest absolute Gasteiger partial charge is 0.465 e. The molecule has 2 rings (SSSR count). The molecule has 0 amide bonds. The van der Waals surface area contributed by atoms with Crippen molar-refractivity contribution in [2.24, 2.45) is 0 Å². The fourth-order valence-electron chi connectivity index (χ4n) is 1.76. The third kappa shape index (κ3) is 3.60. The van der Waals surface area contributed by atoms with Crippen molar-refractivity contribution in [1.29, 1.82) is 0 Å². The quantitative estimate of drug-likeness (QED) is 0.603. The maximum absolute atomic E-state index is 11.2. The predicted molar refractivity (Wildman–Crippen MR) is 78.3 cm³/mol. The van der Waals surface area contributed by atoms with Crippen LogP contribution < -0.4 is 5.73 Å². The van der Waals surface area contributed by atoms with Crippen molar-refractivity contribution in [3.05, 3.63) is 12.7 Å². The van der Waals surface area contributed by atoms with Crippen molar-refractivity contribution in [2.75, 3.05) is 23.8 Å². The van der Waals surface area contributed by atoms with Crippen molar-refractivity contribution in [1.82, 2.24) is 19.5 Å². The SMILES string of the molecule is CCOC(=O)CSCCCn1cnc2c(N)ncnc21. The molecule has 2 aromatic heterocycles. The molecule has 0 aliphatic carbocycles. The van der Waals surface area contributed by atoms with Crippen LogP contribution in [0.25, 0.3) is 11.2 Å². The normalized spacial score (nSPS) is 10.8. The molecular formula is C12H17N5O2S. The van der Waals surface area contributed by atoms with E-state index in [-0.39, 0.29) is 5.97 Å². The van der Waals surface area contributed by atoms with Crippen LogP contribution in [0.4, 0.5) is 5.82 Å². The van der Waals surface area contributed by atoms with Crippen LogP contribution in [-0.2, 0) is 16.1 Å². The average molecular weight is 295 g/mol. The molecule has 0 bridgehead atoms. The Hall–Kier alpha value is -1.83. The summed E-state index contributed by atoms with van der Waals surface area (Å²) < 4.78 is 6.80. The van der Waals surface area contributed by atoms with Crippen LogP contribution >= 0.6 is 11.8 Å². The van der Waals surface area contributed by atoms with Gasteiger partial charge in [0.2, 0.25) is 0 Å². The molecule has 2 heterocycles. The van der Waals surface area contributed by atoms with E-state index in [1.807, 2.05) is 4.57 Å². The number of ether oxygens (including phenoxy) is 1. The molecule has 2 aromatic rings. The first kappa shape index (κ1) is 14.6. The molecule has 0 saturated heterocycles. The Morgan fingerprint density at radius 1 is 1.45 bits per heavy atom. The molecule has 0 fully saturated rings. The summed E-state index contributed by atoms with van der Waals surface area (Å²) >= 11 is 1.57. The Morgan fingerprint density at radius 2 is 2.30 bits per heavy atom. The highest BCUT2D eigenvalue weighted by atomic mass is 32.2. The molecule has 0 aliphatic heterocycles. The zero-order chi connectivity index (χ0) is 14.4. The lowest BCUT2D eigenvalue weighted by molar-refractivity contribution is -0.139. The van der Waals surface area contributed by atoms with Gasteiger partial charge in [-0.25, -0.2) is 15.0 Å². The van der Waals surface area contributed by atoms with Crippen LogP contribution in [0.5, 0.6) is 0 Å². The van der Waals surface area contributed by atoms with E-state index in [0.717, 1.165) is 24.4 Å². The van der Waals surface area contributed by atoms with Crippen molar-refractivity contribution in [3.8, 4) is 0 Å². The molecule has 20 heavy (non-hydrogen) atoms. The maximum atomic E-state index is 11.2. The zero-order valence-corrected chi connectivity index (χ0v) is 12.1. The van der Waals surface area contributed by atoms with Crippen LogP contribution in [-0.4, -0.2) is 43.6 Å². The number of aromatic nitrogens is 4. The highest BCUT2D eigenvalue weighted by Crippen LogP contribution is 2.15. The first-order chi connectivity index (χ1) is 9.72. The number of thioether (sulfide) groups is 1. The maximum Gasteiger partial charge on any atom is 0.315 e. The van der Waals surface area contributed by atoms with E-state index in [9.17, 15) is 4.79 Å². The van der Waals surface area contributed by atoms with E-state index in [2.05, 4.69) is 15.0 Å². The van der Waals surface area contributed by atoms with Gasteiger partial charge in [-0.05, 0) is 19.1 Å². The monoisotopic (exact) mass is 295 g/mol. The highest BCUT2D eigenvalue weighted by molar-refractivity contribution is 7.99. The number of imidazole rings is 1. The molecule has 0 atom stereocenters. The Kier molecular flexibility index (Phi) is 5.16. The van der Waals surface area contributed by atoms with Crippen molar-refractivity contribution >= 4 is 34.7 Å². The number of anilines is 1. The number of esters is 1. The average Bonchev–Trinajstić information content (AvgIpc) is 2.83. The van der Waals surface area contributed by atoms with E-state index >= 15 is 0 Å². The molecule has 8 heteroatoms. The number of nitrogen functional groups attached to an aromatic ring is 1. The number of hydrogen-bond acceptors (Lipinski definition) is 7. The molecule has 0 saturated carbocycles. The van der Waals surface area contributed by atoms with E-state index in [1.54, 1.807) is 25.0 Å². The molecule has 0 aliphatic rings. The van der Waals surface area contributed by atoms with Crippen LogP contribution in [0, 0.1) is 0 Å². The Labute approximate surface area is 120 Å². The van der Waals surface area contributed by atoms with E-state index in [4.69, 9.17) is 10.5 Å². The summed E-state index contributed by atoms with van der Waals surface area (Å²) in [4.78, 5) is 23.4. The third-order valence-corrected chi connectivity index (χ3v) is 3.66. The number of hydrogen-bond donors (Lipinski definition) is 1. The number of nitrogens with two attached hydrogens (primary N) is 1. The molecule has 108 valence electrons. The summed E-state index contributed by atoms with van der Waals surface area (Å²) in [5.74, 6) is 1.50. The fourth-order valence-corrected chi connectivity index (χ4v) is 2.49. The van der Waals surface area contributed by atoms with Gasteiger partial charge in [0.05, 0.1) is 18.7 Å². The van der Waals surface area contributed by atoms with Crippen LogP contribution in [0.15, 0.2) is 12.7 Å². The summed E-state index contributed by atoms with van der Waals surface area (Å²) in [6, 6.07) is 0. The van der Waals surface area contributed by atoms with Crippen LogP contribution in [0.2, 0.25) is 0 Å². The zero-order valence-electron chi connectivity index (χ0n) is 11.3. The minimum absolute atomic E-state index is 0.161. The Morgan fingerprint density at radius 3 is 3.10 bits per heavy atom. The minimum atomic E-state index is -0.161. The number of fused-ring (bicyclic) bond motifs is 1. The fraction of sp³-hybridized carbons (Fsp3) is 0.500. The molecule has 0 unspecified atom stereocenters. The second kappa shape index (κ2) is 7.09. The predicted octanol–water partition coefficient (Wildman–Crippen LogP) is 1.09. The van der Waals surface area contributed by atoms with Gasteiger partial charge in [0.1, 0.15) is 11.8 Å². The topological polar surface area (TPSA) is 95.9 Å². The molecular weight excluding hydrogens is 278 g/mol. The number of nitrogens with zero attached hydrogens (tertiary/aromatic N) is 4. The smallest absolute Gasteiger partial charge is 0.315 e. The summed E-state index contributed by atoms with van der Waals surface area (Å²) in [6.45, 7) is 3.02. The second-order valence-corrected chi connectivity index (χ2v) is 5.19. The van der Waals surface area contributed by atoms with Gasteiger partial charge in [-0.1, -0.05) is 0 Å². The minimum Gasteiger partial charge on any atom is -0.465 e. The lowest BCUT2D eigenvalue weighted by Crippen LogP contribution is -2.07. The molecule has 0 radical (unpaired) electrons. The van der Waals surface area contributed by atoms with Gasteiger partial charge in [-0.15, -0.1) is 0 Å². The van der Waals surface area contributed by atoms with Crippen molar-refractivity contribution < 1.29 is 9.53 Å². The second-order valence-electron chi connectivity index (χ2n) is 4.08. The summed E-state index contributed by atoms with van der Waals surface area (Å²) in [6.07, 6.45) is 4.07. The van der Waals surface area contributed by atoms with Gasteiger partial charge in [0.25, 0.3) is 0 Å². The first-order valence-electron chi connectivity index (χ1n) is 6.37. The summed E-state index contributed by atoms with van der Waals surface area (Å²) in [5.41, 5.74) is 7.10. The number of carbonyl (C=O) groups excluding carboxylic acids is 1. The molecule has 2 N–H and O–H groups in total. The molecule has 7 nitrogen and oxygen atoms in total. The van der Waals surface area contributed by atoms with E-state index < -0.39 is 0 Å². The van der Waals surface area contributed by atoms with Crippen LogP contribution in [0.3, 0.4) is 0 Å². The lowest BCUT2D eigenvalue weighted by Gasteiger charge is -2.04. The van der Waals surface area contributed by atoms with E-state index in [0.29, 0.717) is 23.7 Å². The van der Waals surface area contributed by atoms with E-state index in [1.165, 1.54) is 6.33 Å². The van der Waals surface area contributed by atoms with Gasteiger partial charge >= 0.3 is 5.97 Å². The molecule has 0 spiro atoms. The standard InChI is InChI=1S/C12H17N5O2S/c1-2-19-9(18)6-20-5-3-4-17-8-16-10-11(13)14-7-15-12(10)17/h7-8H,2-6H2,1H3,(H2,13,14,15). The van der Waals surface area contributed by atoms with Crippen LogP contribution in [0.1, 0.15) is 13.3 Å². The number of carbonyl (C=O) groups is 1. The van der Waals surface area contributed by atoms with Gasteiger partial charge in [0, 0.05) is 6.54 Å². The Bertz CT molecular complexity index is 586. The lowest BCUT2D eigenvalue weighted by atomic mass is 10.4. The van der Waals surface area contributed by atoms with Gasteiger partial charge in [-0.2, -0.15) is 11.8 Å². The third-order valence-electron chi connectivity index (χ3n) is 2.64. The summed E-state index contributed by atoms with van der Waals surface area (Å²) in [5, 5.41) is 0. The summed E-state index contributed by atoms with van der Waals surface area (Å²) in [7, 11) is 0.